The van der Waals surface area contributed by atoms with Gasteiger partial charge >= 0.3 is 0 Å². The van der Waals surface area contributed by atoms with E-state index in [1.54, 1.807) is 11.1 Å². The molecule has 0 spiro atoms. The lowest BCUT2D eigenvalue weighted by Gasteiger charge is -2.18. The zero-order chi connectivity index (χ0) is 19.6. The summed E-state index contributed by atoms with van der Waals surface area (Å²) in [6, 6.07) is 32.0. The highest BCUT2D eigenvalue weighted by atomic mass is 14.5. The Morgan fingerprint density at radius 3 is 1.97 bits per heavy atom. The molecule has 0 fully saturated rings. The van der Waals surface area contributed by atoms with Crippen molar-refractivity contribution in [2.75, 3.05) is 5.73 Å². The summed E-state index contributed by atoms with van der Waals surface area (Å²) < 4.78 is 0. The summed E-state index contributed by atoms with van der Waals surface area (Å²) in [6.45, 7) is 0. The molecule has 0 amide bonds. The second-order valence-corrected chi connectivity index (χ2v) is 7.86. The first kappa shape index (κ1) is 17.8. The minimum absolute atomic E-state index is 0.850. The van der Waals surface area contributed by atoms with Gasteiger partial charge < -0.3 is 5.73 Å². The van der Waals surface area contributed by atoms with Crippen molar-refractivity contribution in [1.29, 1.82) is 0 Å². The van der Waals surface area contributed by atoms with Crippen LogP contribution in [0.2, 0.25) is 0 Å². The third-order valence-electron chi connectivity index (χ3n) is 6.08. The highest BCUT2D eigenvalue weighted by Crippen LogP contribution is 2.33. The molecule has 1 aliphatic carbocycles. The normalized spacial score (nSPS) is 13.1. The monoisotopic (exact) mass is 375 g/mol. The number of hydrogen-bond donors (Lipinski definition) is 1. The highest BCUT2D eigenvalue weighted by molar-refractivity contribution is 6.08. The van der Waals surface area contributed by atoms with Crippen LogP contribution in [0.1, 0.15) is 24.0 Å². The van der Waals surface area contributed by atoms with Gasteiger partial charge in [0.2, 0.25) is 0 Å². The average Bonchev–Trinajstić information content (AvgIpc) is 2.79. The van der Waals surface area contributed by atoms with Crippen LogP contribution in [0.4, 0.5) is 5.69 Å². The van der Waals surface area contributed by atoms with E-state index >= 15 is 0 Å². The molecule has 0 aromatic heterocycles. The lowest BCUT2D eigenvalue weighted by molar-refractivity contribution is 0.690. The maximum absolute atomic E-state index is 5.76. The van der Waals surface area contributed by atoms with Gasteiger partial charge in [-0.3, -0.25) is 0 Å². The molecular weight excluding hydrogens is 350 g/mol. The van der Waals surface area contributed by atoms with Gasteiger partial charge in [-0.25, -0.2) is 0 Å². The number of nitrogens with two attached hydrogens (primary N) is 1. The second-order valence-electron chi connectivity index (χ2n) is 7.86. The Kier molecular flexibility index (Phi) is 4.65. The van der Waals surface area contributed by atoms with Gasteiger partial charge in [-0.15, -0.1) is 0 Å². The summed E-state index contributed by atoms with van der Waals surface area (Å²) in [4.78, 5) is 0. The van der Waals surface area contributed by atoms with Gasteiger partial charge in [-0.05, 0) is 69.8 Å². The van der Waals surface area contributed by atoms with Crippen molar-refractivity contribution < 1.29 is 0 Å². The third kappa shape index (κ3) is 3.34. The molecule has 0 saturated carbocycles. The number of anilines is 1. The van der Waals surface area contributed by atoms with Crippen LogP contribution in [0.25, 0.3) is 32.3 Å². The van der Waals surface area contributed by atoms with Crippen LogP contribution in [-0.4, -0.2) is 0 Å². The van der Waals surface area contributed by atoms with Crippen LogP contribution in [0.5, 0.6) is 0 Å². The van der Waals surface area contributed by atoms with Gasteiger partial charge in [0, 0.05) is 11.1 Å². The number of aryl methyl sites for hydroxylation is 2. The number of benzene rings is 5. The van der Waals surface area contributed by atoms with E-state index in [4.69, 9.17) is 5.73 Å². The Morgan fingerprint density at radius 2 is 1.14 bits per heavy atom. The minimum atomic E-state index is 0.850. The quantitative estimate of drug-likeness (QED) is 0.223. The fourth-order valence-corrected chi connectivity index (χ4v) is 4.59. The Hall–Kier alpha value is -3.32. The second kappa shape index (κ2) is 7.60. The first-order valence-corrected chi connectivity index (χ1v) is 10.5. The maximum atomic E-state index is 5.76. The summed E-state index contributed by atoms with van der Waals surface area (Å²) in [7, 11) is 0. The van der Waals surface area contributed by atoms with Crippen LogP contribution in [0.3, 0.4) is 0 Å². The molecule has 5 aromatic carbocycles. The van der Waals surface area contributed by atoms with Crippen molar-refractivity contribution in [3.05, 3.63) is 102 Å². The van der Waals surface area contributed by atoms with Crippen LogP contribution < -0.4 is 5.73 Å². The standard InChI is InChI=1S/C18H16.C10H9N/c1-3-7-15-13(5-1)9-11-18-16-8-4-2-6-14(16)10-12-17(15)18;11-10-7-3-5-8-4-1-2-6-9(8)10/h1,3,5,7,9-12H,2,4,6,8H2;1-7H,11H2. The summed E-state index contributed by atoms with van der Waals surface area (Å²) >= 11 is 0. The lowest BCUT2D eigenvalue weighted by Crippen LogP contribution is -2.02. The Morgan fingerprint density at radius 1 is 0.483 bits per heavy atom. The highest BCUT2D eigenvalue weighted by Gasteiger charge is 2.13. The first-order valence-electron chi connectivity index (χ1n) is 10.5. The predicted octanol–water partition coefficient (Wildman–Crippen LogP) is 7.29. The topological polar surface area (TPSA) is 26.0 Å². The molecule has 0 heterocycles. The van der Waals surface area contributed by atoms with Crippen molar-refractivity contribution in [2.45, 2.75) is 25.7 Å². The SMILES string of the molecule is Nc1cccc2ccccc12.c1ccc2c(c1)ccc1c3c(ccc12)CCCC3. The van der Waals surface area contributed by atoms with Crippen LogP contribution in [-0.2, 0) is 12.8 Å². The molecule has 1 heteroatoms. The molecule has 5 aromatic rings. The Labute approximate surface area is 171 Å². The molecular formula is C28H25N. The molecule has 0 radical (unpaired) electrons. The fourth-order valence-electron chi connectivity index (χ4n) is 4.59. The minimum Gasteiger partial charge on any atom is -0.398 e. The summed E-state index contributed by atoms with van der Waals surface area (Å²) in [5.74, 6) is 0. The molecule has 142 valence electrons. The smallest absolute Gasteiger partial charge is 0.0393 e. The maximum Gasteiger partial charge on any atom is 0.0393 e. The molecule has 2 N–H and O–H groups in total. The molecule has 0 unspecified atom stereocenters. The van der Waals surface area contributed by atoms with Crippen molar-refractivity contribution >= 4 is 38.0 Å². The molecule has 0 saturated heterocycles. The first-order chi connectivity index (χ1) is 14.3. The van der Waals surface area contributed by atoms with Gasteiger partial charge in [-0.2, -0.15) is 0 Å². The summed E-state index contributed by atoms with van der Waals surface area (Å²) in [6.07, 6.45) is 5.22. The molecule has 1 nitrogen and oxygen atoms in total. The van der Waals surface area contributed by atoms with E-state index in [1.807, 2.05) is 30.3 Å². The van der Waals surface area contributed by atoms with Gasteiger partial charge in [0.05, 0.1) is 0 Å². The number of fused-ring (bicyclic) bond motifs is 6. The molecule has 29 heavy (non-hydrogen) atoms. The van der Waals surface area contributed by atoms with Gasteiger partial charge in [0.15, 0.2) is 0 Å². The van der Waals surface area contributed by atoms with Crippen LogP contribution in [0, 0.1) is 0 Å². The van der Waals surface area contributed by atoms with E-state index in [9.17, 15) is 0 Å². The number of rotatable bonds is 0. The zero-order valence-electron chi connectivity index (χ0n) is 16.6. The average molecular weight is 376 g/mol. The van der Waals surface area contributed by atoms with Crippen molar-refractivity contribution in [1.82, 2.24) is 0 Å². The summed E-state index contributed by atoms with van der Waals surface area (Å²) in [5, 5.41) is 7.98. The molecule has 0 aliphatic heterocycles. The van der Waals surface area contributed by atoms with Gasteiger partial charge in [0.25, 0.3) is 0 Å². The Bertz CT molecular complexity index is 1310. The van der Waals surface area contributed by atoms with Crippen molar-refractivity contribution in [3.8, 4) is 0 Å². The third-order valence-corrected chi connectivity index (χ3v) is 6.08. The van der Waals surface area contributed by atoms with Crippen molar-refractivity contribution in [2.24, 2.45) is 0 Å². The van der Waals surface area contributed by atoms with Crippen LogP contribution >= 0.6 is 0 Å². The summed E-state index contributed by atoms with van der Waals surface area (Å²) in [5.41, 5.74) is 9.78. The van der Waals surface area contributed by atoms with Gasteiger partial charge in [0.1, 0.15) is 0 Å². The largest absolute Gasteiger partial charge is 0.398 e. The molecule has 0 bridgehead atoms. The van der Waals surface area contributed by atoms with Crippen LogP contribution in [0.15, 0.2) is 91.0 Å². The predicted molar refractivity (Wildman–Crippen MR) is 126 cm³/mol. The van der Waals surface area contributed by atoms with E-state index in [-0.39, 0.29) is 0 Å². The molecule has 6 rings (SSSR count). The Balaban J connectivity index is 0.000000142. The molecule has 0 atom stereocenters. The number of nitrogen functional groups attached to an aromatic ring is 1. The fraction of sp³-hybridized carbons (Fsp3) is 0.143. The lowest BCUT2D eigenvalue weighted by atomic mass is 9.86. The van der Waals surface area contributed by atoms with E-state index < -0.39 is 0 Å². The zero-order valence-corrected chi connectivity index (χ0v) is 16.6. The van der Waals surface area contributed by atoms with E-state index in [0.29, 0.717) is 0 Å². The number of hydrogen-bond acceptors (Lipinski definition) is 1. The van der Waals surface area contributed by atoms with E-state index in [0.717, 1.165) is 11.1 Å². The van der Waals surface area contributed by atoms with E-state index in [2.05, 4.69) is 60.7 Å². The van der Waals surface area contributed by atoms with Crippen molar-refractivity contribution in [3.63, 3.8) is 0 Å². The molecule has 1 aliphatic rings. The van der Waals surface area contributed by atoms with E-state index in [1.165, 1.54) is 52.6 Å². The van der Waals surface area contributed by atoms with Gasteiger partial charge in [-0.1, -0.05) is 84.9 Å².